The lowest BCUT2D eigenvalue weighted by Gasteiger charge is -2.52. The van der Waals surface area contributed by atoms with E-state index in [1.807, 2.05) is 0 Å². The van der Waals surface area contributed by atoms with E-state index in [9.17, 15) is 47.4 Å². The molecule has 14 heteroatoms. The molecule has 2 saturated carbocycles. The van der Waals surface area contributed by atoms with Crippen molar-refractivity contribution < 1.29 is 52.1 Å². The predicted octanol–water partition coefficient (Wildman–Crippen LogP) is -0.282. The van der Waals surface area contributed by atoms with Gasteiger partial charge in [0.25, 0.3) is 0 Å². The number of halogens is 3. The smallest absolute Gasteiger partial charge is 0.417 e. The van der Waals surface area contributed by atoms with Gasteiger partial charge in [0.05, 0.1) is 36.3 Å². The fourth-order valence-electron chi connectivity index (χ4n) is 7.22. The van der Waals surface area contributed by atoms with Crippen LogP contribution in [0.3, 0.4) is 0 Å². The molecule has 0 bridgehead atoms. The summed E-state index contributed by atoms with van der Waals surface area (Å²) in [5.41, 5.74) is -0.133. The molecule has 1 aromatic rings. The monoisotopic (exact) mass is 581 g/mol. The fraction of sp³-hybridized carbons (Fsp3) is 0.593. The lowest BCUT2D eigenvalue weighted by atomic mass is 9.52. The number of phenolic OH excluding ortho intramolecular Hbond substituents is 1. The van der Waals surface area contributed by atoms with Crippen LogP contribution in [0.4, 0.5) is 13.2 Å². The maximum absolute atomic E-state index is 14.6. The molecule has 3 aliphatic carbocycles. The number of rotatable bonds is 4. The zero-order chi connectivity index (χ0) is 30.2. The SMILES string of the molecule is CN(C)[C@@H]1C(=O)C(C(N)=O)C(=O)[C@@]2(O)C(=O)C3C(=O)c4c(O)cc(CN5CCOCC5)c(C(F)(F)F)c4C[C@H]3C[C@@H]12. The van der Waals surface area contributed by atoms with Gasteiger partial charge in [0.2, 0.25) is 5.91 Å². The second-order valence-corrected chi connectivity index (χ2v) is 11.5. The molecule has 4 N–H and O–H groups in total. The van der Waals surface area contributed by atoms with Crippen LogP contribution in [-0.2, 0) is 43.1 Å². The molecule has 3 fully saturated rings. The number of morpholine rings is 1. The van der Waals surface area contributed by atoms with E-state index in [2.05, 4.69) is 0 Å². The number of carbonyl (C=O) groups is 5. The summed E-state index contributed by atoms with van der Waals surface area (Å²) in [6.07, 6.45) is -5.72. The number of aliphatic hydroxyl groups is 1. The van der Waals surface area contributed by atoms with E-state index < -0.39 is 99.4 Å². The number of nitrogens with two attached hydrogens (primary N) is 1. The van der Waals surface area contributed by atoms with Gasteiger partial charge in [0.15, 0.2) is 34.7 Å². The molecule has 6 atom stereocenters. The quantitative estimate of drug-likeness (QED) is 0.402. The van der Waals surface area contributed by atoms with Gasteiger partial charge in [-0.2, -0.15) is 13.2 Å². The van der Waals surface area contributed by atoms with E-state index in [0.717, 1.165) is 6.07 Å². The molecular weight excluding hydrogens is 551 g/mol. The van der Waals surface area contributed by atoms with E-state index in [-0.39, 0.29) is 18.5 Å². The normalized spacial score (nSPS) is 32.5. The summed E-state index contributed by atoms with van der Waals surface area (Å²) in [5, 5.41) is 22.4. The minimum absolute atomic E-state index is 0.164. The van der Waals surface area contributed by atoms with Crippen molar-refractivity contribution >= 4 is 29.0 Å². The summed E-state index contributed by atoms with van der Waals surface area (Å²) in [6.45, 7) is 1.23. The molecule has 1 amide bonds. The van der Waals surface area contributed by atoms with E-state index in [0.29, 0.717) is 26.3 Å². The van der Waals surface area contributed by atoms with E-state index in [1.165, 1.54) is 19.0 Å². The van der Waals surface area contributed by atoms with Crippen LogP contribution in [0.5, 0.6) is 5.75 Å². The van der Waals surface area contributed by atoms with Crippen LogP contribution in [0.25, 0.3) is 0 Å². The third kappa shape index (κ3) is 4.39. The van der Waals surface area contributed by atoms with E-state index in [4.69, 9.17) is 10.5 Å². The molecule has 1 saturated heterocycles. The molecule has 41 heavy (non-hydrogen) atoms. The first-order valence-electron chi connectivity index (χ1n) is 13.2. The molecule has 1 heterocycles. The first kappa shape index (κ1) is 29.3. The Hall–Kier alpha value is -3.20. The largest absolute Gasteiger partial charge is 0.507 e. The van der Waals surface area contributed by atoms with Crippen molar-refractivity contribution in [3.63, 3.8) is 0 Å². The number of benzene rings is 1. The Bertz CT molecular complexity index is 1360. The second kappa shape index (κ2) is 9.96. The van der Waals surface area contributed by atoms with Crippen molar-refractivity contribution in [1.82, 2.24) is 9.80 Å². The van der Waals surface area contributed by atoms with Crippen molar-refractivity contribution in [2.45, 2.75) is 37.2 Å². The zero-order valence-corrected chi connectivity index (χ0v) is 22.4. The predicted molar refractivity (Wildman–Crippen MR) is 132 cm³/mol. The lowest BCUT2D eigenvalue weighted by Crippen LogP contribution is -2.74. The van der Waals surface area contributed by atoms with Crippen LogP contribution in [-0.4, -0.2) is 101 Å². The maximum atomic E-state index is 14.6. The third-order valence-electron chi connectivity index (χ3n) is 8.93. The number of amides is 1. The van der Waals surface area contributed by atoms with Gasteiger partial charge in [-0.1, -0.05) is 0 Å². The molecule has 11 nitrogen and oxygen atoms in total. The summed E-state index contributed by atoms with van der Waals surface area (Å²) < 4.78 is 49.0. The number of carbonyl (C=O) groups excluding carboxylic acids is 5. The molecule has 0 aromatic heterocycles. The number of Topliss-reactive ketones (excluding diaryl/α,β-unsaturated/α-hetero) is 4. The average Bonchev–Trinajstić information content (AvgIpc) is 2.85. The molecular formula is C27H30F3N3O8. The second-order valence-electron chi connectivity index (χ2n) is 11.5. The highest BCUT2D eigenvalue weighted by atomic mass is 19.4. The number of likely N-dealkylation sites (N-methyl/N-ethyl adjacent to an activating group) is 1. The number of ether oxygens (including phenoxy) is 1. The van der Waals surface area contributed by atoms with Crippen molar-refractivity contribution in [3.8, 4) is 5.75 Å². The standard InChI is InChI=1S/C27H30F3N3O8/c1-32(2)20-14-8-11-7-13-17(15(34)9-12(19(13)27(28,29)30)10-33-3-5-41-6-4-33)21(35)16(11)23(37)26(14,40)24(38)18(22(20)36)25(31)39/h9,11,14,16,18,20,34,40H,3-8,10H2,1-2H3,(H2,31,39)/t11-,14-,16?,18?,20-,26-/m0/s1. The molecule has 1 aliphatic heterocycles. The van der Waals surface area contributed by atoms with Crippen LogP contribution in [0.15, 0.2) is 6.07 Å². The van der Waals surface area contributed by atoms with Gasteiger partial charge in [-0.15, -0.1) is 0 Å². The molecule has 4 aliphatic rings. The van der Waals surface area contributed by atoms with Gasteiger partial charge in [-0.25, -0.2) is 0 Å². The van der Waals surface area contributed by atoms with Crippen LogP contribution >= 0.6 is 0 Å². The number of nitrogens with zero attached hydrogens (tertiary/aromatic N) is 2. The Morgan fingerprint density at radius 3 is 2.37 bits per heavy atom. The van der Waals surface area contributed by atoms with Gasteiger partial charge in [-0.05, 0) is 50.0 Å². The van der Waals surface area contributed by atoms with Gasteiger partial charge < -0.3 is 20.7 Å². The third-order valence-corrected chi connectivity index (χ3v) is 8.93. The van der Waals surface area contributed by atoms with Crippen LogP contribution < -0.4 is 5.73 Å². The fourth-order valence-corrected chi connectivity index (χ4v) is 7.22. The summed E-state index contributed by atoms with van der Waals surface area (Å²) >= 11 is 0. The van der Waals surface area contributed by atoms with Crippen LogP contribution in [0, 0.1) is 23.7 Å². The van der Waals surface area contributed by atoms with Crippen molar-refractivity contribution in [2.75, 3.05) is 40.4 Å². The Labute approximate surface area is 232 Å². The van der Waals surface area contributed by atoms with E-state index in [1.54, 1.807) is 4.90 Å². The molecule has 0 radical (unpaired) electrons. The highest BCUT2D eigenvalue weighted by Crippen LogP contribution is 2.52. The number of alkyl halides is 3. The number of phenols is 1. The number of hydrogen-bond acceptors (Lipinski definition) is 10. The Morgan fingerprint density at radius 1 is 1.17 bits per heavy atom. The van der Waals surface area contributed by atoms with Gasteiger partial charge >= 0.3 is 6.18 Å². The van der Waals surface area contributed by atoms with Crippen molar-refractivity contribution in [1.29, 1.82) is 0 Å². The minimum atomic E-state index is -4.91. The maximum Gasteiger partial charge on any atom is 0.417 e. The zero-order valence-electron chi connectivity index (χ0n) is 22.4. The Morgan fingerprint density at radius 2 is 1.80 bits per heavy atom. The van der Waals surface area contributed by atoms with Gasteiger partial charge in [-0.3, -0.25) is 33.8 Å². The van der Waals surface area contributed by atoms with Crippen LogP contribution in [0.1, 0.15) is 33.5 Å². The Balaban J connectivity index is 1.64. The molecule has 2 unspecified atom stereocenters. The summed E-state index contributed by atoms with van der Waals surface area (Å²) in [5.74, 6) is -13.4. The number of aromatic hydroxyl groups is 1. The summed E-state index contributed by atoms with van der Waals surface area (Å²) in [7, 11) is 2.85. The number of fused-ring (bicyclic) bond motifs is 3. The van der Waals surface area contributed by atoms with Crippen molar-refractivity contribution in [3.05, 3.63) is 28.3 Å². The summed E-state index contributed by atoms with van der Waals surface area (Å²) in [6, 6.07) is -0.477. The Kier molecular flexibility index (Phi) is 7.12. The first-order valence-corrected chi connectivity index (χ1v) is 13.2. The molecule has 5 rings (SSSR count). The average molecular weight is 582 g/mol. The molecule has 222 valence electrons. The van der Waals surface area contributed by atoms with E-state index >= 15 is 0 Å². The van der Waals surface area contributed by atoms with Gasteiger partial charge in [0, 0.05) is 25.6 Å². The first-order chi connectivity index (χ1) is 19.1. The highest BCUT2D eigenvalue weighted by molar-refractivity contribution is 6.32. The lowest BCUT2D eigenvalue weighted by molar-refractivity contribution is -0.181. The number of primary amides is 1. The highest BCUT2D eigenvalue weighted by Gasteiger charge is 2.69. The summed E-state index contributed by atoms with van der Waals surface area (Å²) in [4.78, 5) is 69.1. The minimum Gasteiger partial charge on any atom is -0.507 e. The molecule has 1 aromatic carbocycles. The topological polar surface area (TPSA) is 168 Å². The molecule has 0 spiro atoms. The van der Waals surface area contributed by atoms with Crippen molar-refractivity contribution in [2.24, 2.45) is 29.4 Å². The number of hydrogen-bond donors (Lipinski definition) is 3. The van der Waals surface area contributed by atoms with Gasteiger partial charge in [0.1, 0.15) is 5.75 Å². The number of ketones is 4. The van der Waals surface area contributed by atoms with Crippen LogP contribution in [0.2, 0.25) is 0 Å².